The third kappa shape index (κ3) is 3.32. The molecule has 0 aromatic rings. The molecule has 1 aliphatic heterocycles. The standard InChI is InChI=1S/C13H21NO4/c1-5-17-12(15)10-7-11(13(16)18-6-2)9(4)14-8(10)3/h7-10,14H,5-6H2,1-4H3. The number of carbonyl (C=O) groups is 2. The molecule has 0 saturated carbocycles. The minimum Gasteiger partial charge on any atom is -0.465 e. The average molecular weight is 255 g/mol. The number of hydrogen-bond acceptors (Lipinski definition) is 5. The predicted molar refractivity (Wildman–Crippen MR) is 66.9 cm³/mol. The summed E-state index contributed by atoms with van der Waals surface area (Å²) in [5, 5.41) is 3.19. The van der Waals surface area contributed by atoms with E-state index in [4.69, 9.17) is 9.47 Å². The van der Waals surface area contributed by atoms with Crippen LogP contribution in [-0.2, 0) is 19.1 Å². The van der Waals surface area contributed by atoms with Gasteiger partial charge in [-0.25, -0.2) is 4.79 Å². The fourth-order valence-corrected chi connectivity index (χ4v) is 2.04. The molecule has 0 fully saturated rings. The third-order valence-corrected chi connectivity index (χ3v) is 2.95. The molecule has 3 atom stereocenters. The fourth-order valence-electron chi connectivity index (χ4n) is 2.04. The Hall–Kier alpha value is -1.36. The molecule has 1 rings (SSSR count). The molecule has 0 bridgehead atoms. The number of ether oxygens (including phenoxy) is 2. The van der Waals surface area contributed by atoms with Crippen molar-refractivity contribution in [2.24, 2.45) is 5.92 Å². The van der Waals surface area contributed by atoms with Crippen molar-refractivity contribution in [3.05, 3.63) is 11.6 Å². The maximum Gasteiger partial charge on any atom is 0.335 e. The summed E-state index contributed by atoms with van der Waals surface area (Å²) in [6.45, 7) is 7.95. The summed E-state index contributed by atoms with van der Waals surface area (Å²) >= 11 is 0. The summed E-state index contributed by atoms with van der Waals surface area (Å²) in [6.07, 6.45) is 1.67. The molecule has 0 radical (unpaired) electrons. The van der Waals surface area contributed by atoms with Crippen LogP contribution in [0, 0.1) is 5.92 Å². The van der Waals surface area contributed by atoms with E-state index in [1.165, 1.54) is 0 Å². The Labute approximate surface area is 108 Å². The largest absolute Gasteiger partial charge is 0.465 e. The van der Waals surface area contributed by atoms with E-state index < -0.39 is 5.92 Å². The number of nitrogens with one attached hydrogen (secondary N) is 1. The number of carbonyl (C=O) groups excluding carboxylic acids is 2. The minimum atomic E-state index is -0.444. The Morgan fingerprint density at radius 1 is 1.22 bits per heavy atom. The second kappa shape index (κ2) is 6.54. The molecular formula is C13H21NO4. The van der Waals surface area contributed by atoms with E-state index in [0.29, 0.717) is 18.8 Å². The zero-order chi connectivity index (χ0) is 13.7. The molecule has 0 aromatic carbocycles. The molecule has 0 spiro atoms. The van der Waals surface area contributed by atoms with E-state index >= 15 is 0 Å². The van der Waals surface area contributed by atoms with Gasteiger partial charge in [0.25, 0.3) is 0 Å². The lowest BCUT2D eigenvalue weighted by Crippen LogP contribution is -2.48. The van der Waals surface area contributed by atoms with Gasteiger partial charge in [0, 0.05) is 12.1 Å². The first-order valence-corrected chi connectivity index (χ1v) is 6.32. The van der Waals surface area contributed by atoms with Crippen LogP contribution in [0.15, 0.2) is 11.6 Å². The van der Waals surface area contributed by atoms with Crippen LogP contribution in [0.4, 0.5) is 0 Å². The highest BCUT2D eigenvalue weighted by Crippen LogP contribution is 2.21. The molecule has 1 heterocycles. The van der Waals surface area contributed by atoms with Crippen LogP contribution < -0.4 is 5.32 Å². The highest BCUT2D eigenvalue weighted by molar-refractivity contribution is 5.91. The van der Waals surface area contributed by atoms with Crippen molar-refractivity contribution < 1.29 is 19.1 Å². The first kappa shape index (κ1) is 14.7. The summed E-state index contributed by atoms with van der Waals surface area (Å²) in [7, 11) is 0. The van der Waals surface area contributed by atoms with Crippen LogP contribution in [0.5, 0.6) is 0 Å². The minimum absolute atomic E-state index is 0.0581. The third-order valence-electron chi connectivity index (χ3n) is 2.95. The lowest BCUT2D eigenvalue weighted by atomic mass is 9.90. The van der Waals surface area contributed by atoms with Crippen LogP contribution >= 0.6 is 0 Å². The van der Waals surface area contributed by atoms with Crippen LogP contribution in [0.2, 0.25) is 0 Å². The quantitative estimate of drug-likeness (QED) is 0.760. The molecule has 1 aliphatic rings. The van der Waals surface area contributed by atoms with Gasteiger partial charge in [0.05, 0.1) is 24.7 Å². The number of hydrogen-bond donors (Lipinski definition) is 1. The van der Waals surface area contributed by atoms with Crippen molar-refractivity contribution in [1.29, 1.82) is 0 Å². The molecule has 0 aromatic heterocycles. The second-order valence-corrected chi connectivity index (χ2v) is 4.30. The van der Waals surface area contributed by atoms with Crippen LogP contribution in [0.25, 0.3) is 0 Å². The van der Waals surface area contributed by atoms with Crippen molar-refractivity contribution in [2.75, 3.05) is 13.2 Å². The van der Waals surface area contributed by atoms with E-state index in [1.807, 2.05) is 13.8 Å². The zero-order valence-corrected chi connectivity index (χ0v) is 11.4. The predicted octanol–water partition coefficient (Wildman–Crippen LogP) is 1.04. The Bertz CT molecular complexity index is 351. The van der Waals surface area contributed by atoms with E-state index in [0.717, 1.165) is 0 Å². The van der Waals surface area contributed by atoms with Gasteiger partial charge in [0.2, 0.25) is 0 Å². The van der Waals surface area contributed by atoms with Crippen LogP contribution in [-0.4, -0.2) is 37.2 Å². The van der Waals surface area contributed by atoms with Gasteiger partial charge in [-0.2, -0.15) is 0 Å². The first-order chi connectivity index (χ1) is 8.51. The Morgan fingerprint density at radius 3 is 2.39 bits per heavy atom. The highest BCUT2D eigenvalue weighted by atomic mass is 16.5. The van der Waals surface area contributed by atoms with Crippen molar-refractivity contribution >= 4 is 11.9 Å². The highest BCUT2D eigenvalue weighted by Gasteiger charge is 2.34. The average Bonchev–Trinajstić information content (AvgIpc) is 2.29. The topological polar surface area (TPSA) is 64.6 Å². The second-order valence-electron chi connectivity index (χ2n) is 4.30. The Balaban J connectivity index is 2.90. The Morgan fingerprint density at radius 2 is 1.83 bits per heavy atom. The first-order valence-electron chi connectivity index (χ1n) is 6.32. The van der Waals surface area contributed by atoms with Gasteiger partial charge in [-0.15, -0.1) is 0 Å². The maximum absolute atomic E-state index is 11.8. The van der Waals surface area contributed by atoms with E-state index in [9.17, 15) is 9.59 Å². The molecule has 102 valence electrons. The molecule has 18 heavy (non-hydrogen) atoms. The molecule has 5 nitrogen and oxygen atoms in total. The summed E-state index contributed by atoms with van der Waals surface area (Å²) in [5.74, 6) is -1.13. The van der Waals surface area contributed by atoms with Crippen LogP contribution in [0.3, 0.4) is 0 Å². The monoisotopic (exact) mass is 255 g/mol. The van der Waals surface area contributed by atoms with Gasteiger partial charge in [-0.3, -0.25) is 4.79 Å². The molecule has 0 amide bonds. The number of rotatable bonds is 4. The van der Waals surface area contributed by atoms with Gasteiger partial charge >= 0.3 is 11.9 Å². The van der Waals surface area contributed by atoms with Gasteiger partial charge in [-0.1, -0.05) is 6.08 Å². The normalized spacial score (nSPS) is 27.3. The van der Waals surface area contributed by atoms with Crippen molar-refractivity contribution in [3.63, 3.8) is 0 Å². The summed E-state index contributed by atoms with van der Waals surface area (Å²) in [6, 6.07) is -0.179. The van der Waals surface area contributed by atoms with Crippen LogP contribution in [0.1, 0.15) is 27.7 Å². The fraction of sp³-hybridized carbons (Fsp3) is 0.692. The van der Waals surface area contributed by atoms with E-state index in [2.05, 4.69) is 5.32 Å². The smallest absolute Gasteiger partial charge is 0.335 e. The van der Waals surface area contributed by atoms with E-state index in [1.54, 1.807) is 19.9 Å². The molecule has 5 heteroatoms. The summed E-state index contributed by atoms with van der Waals surface area (Å²) in [4.78, 5) is 23.5. The van der Waals surface area contributed by atoms with Gasteiger partial charge in [0.1, 0.15) is 0 Å². The molecule has 0 aliphatic carbocycles. The number of esters is 2. The van der Waals surface area contributed by atoms with Gasteiger partial charge in [-0.05, 0) is 27.7 Å². The summed E-state index contributed by atoms with van der Waals surface area (Å²) < 4.78 is 9.98. The van der Waals surface area contributed by atoms with Gasteiger partial charge < -0.3 is 14.8 Å². The molecule has 3 unspecified atom stereocenters. The SMILES string of the molecule is CCOC(=O)C1=CC(C(=O)OCC)C(C)NC1C. The lowest BCUT2D eigenvalue weighted by Gasteiger charge is -2.31. The molecule has 1 N–H and O–H groups in total. The zero-order valence-electron chi connectivity index (χ0n) is 11.4. The maximum atomic E-state index is 11.8. The summed E-state index contributed by atoms with van der Waals surface area (Å²) in [5.41, 5.74) is 0.494. The van der Waals surface area contributed by atoms with E-state index in [-0.39, 0.29) is 24.0 Å². The van der Waals surface area contributed by atoms with Crippen molar-refractivity contribution in [1.82, 2.24) is 5.32 Å². The van der Waals surface area contributed by atoms with Gasteiger partial charge in [0.15, 0.2) is 0 Å². The van der Waals surface area contributed by atoms with Crippen molar-refractivity contribution in [2.45, 2.75) is 39.8 Å². The molecular weight excluding hydrogens is 234 g/mol. The Kier molecular flexibility index (Phi) is 5.34. The molecule has 0 saturated heterocycles. The lowest BCUT2D eigenvalue weighted by molar-refractivity contribution is -0.147. The van der Waals surface area contributed by atoms with Crippen molar-refractivity contribution in [3.8, 4) is 0 Å².